The Morgan fingerprint density at radius 3 is 2.53 bits per heavy atom. The minimum absolute atomic E-state index is 0.114. The first-order chi connectivity index (χ1) is 18.5. The molecule has 0 saturated carbocycles. The van der Waals surface area contributed by atoms with Gasteiger partial charge in [0.2, 0.25) is 5.88 Å². The minimum atomic E-state index is -0.802. The van der Waals surface area contributed by atoms with Crippen LogP contribution in [0.15, 0.2) is 83.4 Å². The number of hydrogen-bond donors (Lipinski definition) is 2. The Kier molecular flexibility index (Phi) is 6.70. The van der Waals surface area contributed by atoms with E-state index in [2.05, 4.69) is 16.0 Å². The Morgan fingerprint density at radius 1 is 0.974 bits per heavy atom. The molecule has 194 valence electrons. The molecule has 0 unspecified atom stereocenters. The van der Waals surface area contributed by atoms with Gasteiger partial charge in [-0.2, -0.15) is 0 Å². The lowest BCUT2D eigenvalue weighted by molar-refractivity contribution is -0.0254. The highest BCUT2D eigenvalue weighted by Crippen LogP contribution is 2.42. The highest BCUT2D eigenvalue weighted by Gasteiger charge is 2.33. The van der Waals surface area contributed by atoms with Gasteiger partial charge in [-0.25, -0.2) is 4.98 Å². The third kappa shape index (κ3) is 4.95. The second-order valence-electron chi connectivity index (χ2n) is 9.95. The number of benzene rings is 2. The molecule has 0 spiro atoms. The molecule has 4 heterocycles. The van der Waals surface area contributed by atoms with Crippen LogP contribution in [0.2, 0.25) is 5.02 Å². The van der Waals surface area contributed by atoms with Gasteiger partial charge in [0, 0.05) is 60.0 Å². The van der Waals surface area contributed by atoms with Crippen molar-refractivity contribution in [2.75, 3.05) is 19.6 Å². The molecular formula is C31H29ClN2O4. The fourth-order valence-electron chi connectivity index (χ4n) is 5.45. The largest absolute Gasteiger partial charge is 0.481 e. The van der Waals surface area contributed by atoms with E-state index in [9.17, 15) is 10.2 Å². The maximum absolute atomic E-state index is 11.2. The van der Waals surface area contributed by atoms with Gasteiger partial charge < -0.3 is 24.3 Å². The maximum Gasteiger partial charge on any atom is 0.282 e. The summed E-state index contributed by atoms with van der Waals surface area (Å²) in [5.74, 6) is 1.81. The number of aliphatic hydroxyl groups is 1. The SMILES string of the molecule is Oc1ccc(-c2cccc3c2C/C(=C/CCN2CCC(O)(c4ccc(Cl)cc4)CC2)c2cccnc2O3)o1. The van der Waals surface area contributed by atoms with E-state index in [1.165, 1.54) is 0 Å². The molecule has 0 amide bonds. The molecule has 0 aliphatic carbocycles. The number of aromatic hydroxyl groups is 1. The number of allylic oxidation sites excluding steroid dienone is 1. The molecule has 1 fully saturated rings. The average molecular weight is 529 g/mol. The maximum atomic E-state index is 11.2. The van der Waals surface area contributed by atoms with Crippen LogP contribution in [0.25, 0.3) is 16.9 Å². The zero-order chi connectivity index (χ0) is 26.1. The van der Waals surface area contributed by atoms with E-state index in [1.807, 2.05) is 54.6 Å². The first-order valence-corrected chi connectivity index (χ1v) is 13.3. The van der Waals surface area contributed by atoms with E-state index in [0.29, 0.717) is 35.9 Å². The summed E-state index contributed by atoms with van der Waals surface area (Å²) < 4.78 is 11.8. The zero-order valence-corrected chi connectivity index (χ0v) is 21.7. The first-order valence-electron chi connectivity index (χ1n) is 12.9. The van der Waals surface area contributed by atoms with Gasteiger partial charge in [0.1, 0.15) is 11.5 Å². The summed E-state index contributed by atoms with van der Waals surface area (Å²) >= 11 is 6.03. The number of rotatable bonds is 5. The molecule has 2 N–H and O–H groups in total. The van der Waals surface area contributed by atoms with Gasteiger partial charge in [-0.15, -0.1) is 0 Å². The van der Waals surface area contributed by atoms with Crippen LogP contribution in [0.4, 0.5) is 0 Å². The Labute approximate surface area is 226 Å². The number of aromatic nitrogens is 1. The molecule has 6 rings (SSSR count). The monoisotopic (exact) mass is 528 g/mol. The quantitative estimate of drug-likeness (QED) is 0.296. The number of pyridine rings is 1. The Balaban J connectivity index is 1.20. The van der Waals surface area contributed by atoms with Crippen molar-refractivity contribution >= 4 is 17.2 Å². The summed E-state index contributed by atoms with van der Waals surface area (Å²) in [5.41, 5.74) is 4.14. The van der Waals surface area contributed by atoms with Gasteiger partial charge in [0.25, 0.3) is 5.95 Å². The van der Waals surface area contributed by atoms with Gasteiger partial charge in [-0.3, -0.25) is 0 Å². The summed E-state index contributed by atoms with van der Waals surface area (Å²) in [6.45, 7) is 2.56. The van der Waals surface area contributed by atoms with Crippen molar-refractivity contribution in [3.63, 3.8) is 0 Å². The lowest BCUT2D eigenvalue weighted by Gasteiger charge is -2.38. The van der Waals surface area contributed by atoms with Crippen molar-refractivity contribution in [1.82, 2.24) is 9.88 Å². The lowest BCUT2D eigenvalue weighted by atomic mass is 9.84. The van der Waals surface area contributed by atoms with Crippen LogP contribution in [-0.2, 0) is 12.0 Å². The van der Waals surface area contributed by atoms with Crippen molar-refractivity contribution in [3.8, 4) is 28.9 Å². The van der Waals surface area contributed by atoms with Crippen molar-refractivity contribution in [2.24, 2.45) is 0 Å². The van der Waals surface area contributed by atoms with Crippen LogP contribution >= 0.6 is 11.6 Å². The first kappa shape index (κ1) is 24.7. The van der Waals surface area contributed by atoms with E-state index in [0.717, 1.165) is 59.6 Å². The molecule has 7 heteroatoms. The van der Waals surface area contributed by atoms with E-state index in [-0.39, 0.29) is 5.95 Å². The fraction of sp³-hybridized carbons (Fsp3) is 0.258. The van der Waals surface area contributed by atoms with Crippen LogP contribution in [0.1, 0.15) is 36.0 Å². The van der Waals surface area contributed by atoms with Crippen molar-refractivity contribution in [2.45, 2.75) is 31.3 Å². The number of ether oxygens (including phenoxy) is 1. The average Bonchev–Trinajstić information content (AvgIpc) is 3.29. The highest BCUT2D eigenvalue weighted by molar-refractivity contribution is 6.30. The van der Waals surface area contributed by atoms with E-state index >= 15 is 0 Å². The molecule has 0 bridgehead atoms. The van der Waals surface area contributed by atoms with Gasteiger partial charge in [0.15, 0.2) is 0 Å². The number of halogens is 1. The molecule has 0 radical (unpaired) electrons. The molecule has 1 saturated heterocycles. The fourth-order valence-corrected chi connectivity index (χ4v) is 5.58. The number of hydrogen-bond acceptors (Lipinski definition) is 6. The zero-order valence-electron chi connectivity index (χ0n) is 20.9. The second-order valence-corrected chi connectivity index (χ2v) is 10.4. The van der Waals surface area contributed by atoms with Crippen LogP contribution < -0.4 is 4.74 Å². The topological polar surface area (TPSA) is 79.0 Å². The predicted molar refractivity (Wildman–Crippen MR) is 147 cm³/mol. The Hall–Kier alpha value is -3.58. The second kappa shape index (κ2) is 10.3. The summed E-state index contributed by atoms with van der Waals surface area (Å²) in [6, 6.07) is 20.7. The molecule has 2 aliphatic heterocycles. The number of piperidine rings is 1. The van der Waals surface area contributed by atoms with Crippen LogP contribution in [0, 0.1) is 0 Å². The number of likely N-dealkylation sites (tertiary alicyclic amines) is 1. The van der Waals surface area contributed by atoms with Crippen molar-refractivity contribution in [1.29, 1.82) is 0 Å². The molecular weight excluding hydrogens is 500 g/mol. The van der Waals surface area contributed by atoms with Gasteiger partial charge in [-0.05, 0) is 66.8 Å². The molecule has 38 heavy (non-hydrogen) atoms. The summed E-state index contributed by atoms with van der Waals surface area (Å²) in [5, 5.41) is 21.7. The molecule has 0 atom stereocenters. The number of nitrogens with zero attached hydrogens (tertiary/aromatic N) is 2. The van der Waals surface area contributed by atoms with Gasteiger partial charge in [0.05, 0.1) is 5.60 Å². The van der Waals surface area contributed by atoms with Crippen molar-refractivity contribution < 1.29 is 19.4 Å². The smallest absolute Gasteiger partial charge is 0.282 e. The standard InChI is InChI=1S/C31H29ClN2O4/c32-23-10-8-22(9-11-23)31(36)14-18-34(19-15-31)17-3-4-21-20-26-25(28-12-13-29(35)37-28)5-1-7-27(26)38-30-24(21)6-2-16-33-30/h1-2,4-13,16,35-36H,3,14-15,17-20H2/b21-4-. The van der Waals surface area contributed by atoms with Crippen LogP contribution in [0.5, 0.6) is 17.6 Å². The molecule has 2 aromatic carbocycles. The van der Waals surface area contributed by atoms with Gasteiger partial charge in [-0.1, -0.05) is 41.9 Å². The normalized spacial score (nSPS) is 17.9. The number of furan rings is 1. The molecule has 4 aromatic rings. The van der Waals surface area contributed by atoms with E-state index in [1.54, 1.807) is 18.3 Å². The summed E-state index contributed by atoms with van der Waals surface area (Å²) in [4.78, 5) is 6.92. The molecule has 2 aliphatic rings. The lowest BCUT2D eigenvalue weighted by Crippen LogP contribution is -2.42. The minimum Gasteiger partial charge on any atom is -0.481 e. The molecule has 6 nitrogen and oxygen atoms in total. The Morgan fingerprint density at radius 2 is 1.76 bits per heavy atom. The number of fused-ring (bicyclic) bond motifs is 2. The van der Waals surface area contributed by atoms with E-state index in [4.69, 9.17) is 20.8 Å². The van der Waals surface area contributed by atoms with Crippen LogP contribution in [0.3, 0.4) is 0 Å². The third-order valence-electron chi connectivity index (χ3n) is 7.58. The highest BCUT2D eigenvalue weighted by atomic mass is 35.5. The summed E-state index contributed by atoms with van der Waals surface area (Å²) in [7, 11) is 0. The predicted octanol–water partition coefficient (Wildman–Crippen LogP) is 6.81. The van der Waals surface area contributed by atoms with Crippen molar-refractivity contribution in [3.05, 3.63) is 101 Å². The third-order valence-corrected chi connectivity index (χ3v) is 7.83. The van der Waals surface area contributed by atoms with Gasteiger partial charge >= 0.3 is 0 Å². The van der Waals surface area contributed by atoms with E-state index < -0.39 is 5.60 Å². The van der Waals surface area contributed by atoms with Crippen LogP contribution in [-0.4, -0.2) is 39.7 Å². The summed E-state index contributed by atoms with van der Waals surface area (Å²) in [6.07, 6.45) is 6.92. The molecule has 2 aromatic heterocycles. The Bertz CT molecular complexity index is 1470.